The van der Waals surface area contributed by atoms with Crippen molar-refractivity contribution in [3.8, 4) is 0 Å². The van der Waals surface area contributed by atoms with Crippen molar-refractivity contribution in [1.82, 2.24) is 9.21 Å². The highest BCUT2D eigenvalue weighted by Gasteiger charge is 2.29. The molecule has 2 aromatic rings. The number of sulfonamides is 1. The maximum Gasteiger partial charge on any atom is 0.307 e. The fourth-order valence-corrected chi connectivity index (χ4v) is 5.17. The quantitative estimate of drug-likeness (QED) is 0.768. The van der Waals surface area contributed by atoms with E-state index >= 15 is 0 Å². The molecule has 6 nitrogen and oxygen atoms in total. The molecule has 1 heterocycles. The Morgan fingerprint density at radius 1 is 1.00 bits per heavy atom. The first-order chi connectivity index (χ1) is 13.4. The molecule has 2 aromatic carbocycles. The topological polar surface area (TPSA) is 77.9 Å². The van der Waals surface area contributed by atoms with Gasteiger partial charge < -0.3 is 10.0 Å². The molecule has 0 unspecified atom stereocenters. The molecule has 1 aliphatic rings. The molecule has 28 heavy (non-hydrogen) atoms. The molecule has 150 valence electrons. The van der Waals surface area contributed by atoms with Gasteiger partial charge in [-0.3, -0.25) is 4.79 Å². The van der Waals surface area contributed by atoms with Gasteiger partial charge in [0, 0.05) is 32.7 Å². The van der Waals surface area contributed by atoms with E-state index in [1.54, 1.807) is 19.1 Å². The van der Waals surface area contributed by atoms with Gasteiger partial charge in [-0.1, -0.05) is 42.5 Å². The van der Waals surface area contributed by atoms with E-state index < -0.39 is 16.0 Å². The van der Waals surface area contributed by atoms with Crippen molar-refractivity contribution in [3.63, 3.8) is 0 Å². The van der Waals surface area contributed by atoms with Crippen LogP contribution in [0.15, 0.2) is 53.4 Å². The van der Waals surface area contributed by atoms with Crippen molar-refractivity contribution in [3.05, 3.63) is 65.2 Å². The van der Waals surface area contributed by atoms with Crippen LogP contribution >= 0.6 is 0 Å². The normalized spacial score (nSPS) is 16.2. The molecule has 1 fully saturated rings. The van der Waals surface area contributed by atoms with Crippen LogP contribution in [-0.4, -0.2) is 61.4 Å². The van der Waals surface area contributed by atoms with Gasteiger partial charge in [-0.05, 0) is 36.1 Å². The third-order valence-corrected chi connectivity index (χ3v) is 7.16. The van der Waals surface area contributed by atoms with Crippen molar-refractivity contribution < 1.29 is 18.3 Å². The van der Waals surface area contributed by atoms with Crippen LogP contribution in [0.4, 0.5) is 0 Å². The third kappa shape index (κ3) is 4.98. The first-order valence-electron chi connectivity index (χ1n) is 9.44. The highest BCUT2D eigenvalue weighted by atomic mass is 32.2. The van der Waals surface area contributed by atoms with Crippen molar-refractivity contribution >= 4 is 16.0 Å². The number of aliphatic carboxylic acids is 1. The Labute approximate surface area is 166 Å². The highest BCUT2D eigenvalue weighted by Crippen LogP contribution is 2.23. The van der Waals surface area contributed by atoms with Crippen molar-refractivity contribution in [2.75, 3.05) is 32.7 Å². The lowest BCUT2D eigenvalue weighted by Gasteiger charge is -2.34. The first kappa shape index (κ1) is 20.5. The Kier molecular flexibility index (Phi) is 6.49. The van der Waals surface area contributed by atoms with Gasteiger partial charge in [0.1, 0.15) is 0 Å². The summed E-state index contributed by atoms with van der Waals surface area (Å²) in [5.74, 6) is -0.973. The maximum absolute atomic E-state index is 13.1. The Bertz CT molecular complexity index is 921. The summed E-state index contributed by atoms with van der Waals surface area (Å²) in [7, 11) is -3.63. The van der Waals surface area contributed by atoms with Crippen molar-refractivity contribution in [2.45, 2.75) is 24.7 Å². The summed E-state index contributed by atoms with van der Waals surface area (Å²) in [6.07, 6.45) is 0.764. The van der Waals surface area contributed by atoms with Gasteiger partial charge in [0.05, 0.1) is 11.3 Å². The summed E-state index contributed by atoms with van der Waals surface area (Å²) in [5.41, 5.74) is 2.42. The van der Waals surface area contributed by atoms with E-state index in [4.69, 9.17) is 5.11 Å². The number of benzene rings is 2. The van der Waals surface area contributed by atoms with Gasteiger partial charge in [-0.25, -0.2) is 8.42 Å². The van der Waals surface area contributed by atoms with Crippen LogP contribution in [0.2, 0.25) is 0 Å². The molecule has 1 saturated heterocycles. The van der Waals surface area contributed by atoms with Crippen LogP contribution < -0.4 is 0 Å². The minimum absolute atomic E-state index is 0.184. The largest absolute Gasteiger partial charge is 0.481 e. The van der Waals surface area contributed by atoms with Gasteiger partial charge in [0.15, 0.2) is 0 Å². The van der Waals surface area contributed by atoms with E-state index in [1.165, 1.54) is 15.9 Å². The van der Waals surface area contributed by atoms with Crippen LogP contribution in [0.3, 0.4) is 0 Å². The number of carbonyl (C=O) groups is 1. The summed E-state index contributed by atoms with van der Waals surface area (Å²) in [6, 6.07) is 15.1. The van der Waals surface area contributed by atoms with Gasteiger partial charge in [0.25, 0.3) is 0 Å². The van der Waals surface area contributed by atoms with Crippen LogP contribution in [0, 0.1) is 6.92 Å². The number of piperazine rings is 1. The molecule has 0 aliphatic carbocycles. The number of hydrogen-bond acceptors (Lipinski definition) is 4. The minimum Gasteiger partial charge on any atom is -0.481 e. The summed E-state index contributed by atoms with van der Waals surface area (Å²) < 4.78 is 27.7. The van der Waals surface area contributed by atoms with E-state index in [2.05, 4.69) is 17.0 Å². The summed E-state index contributed by atoms with van der Waals surface area (Å²) in [4.78, 5) is 13.4. The van der Waals surface area contributed by atoms with Crippen LogP contribution in [-0.2, 0) is 27.7 Å². The van der Waals surface area contributed by atoms with E-state index in [1.807, 2.05) is 18.2 Å². The predicted molar refractivity (Wildman–Crippen MR) is 108 cm³/mol. The van der Waals surface area contributed by atoms with Crippen molar-refractivity contribution in [1.29, 1.82) is 0 Å². The smallest absolute Gasteiger partial charge is 0.307 e. The molecule has 0 saturated carbocycles. The van der Waals surface area contributed by atoms with Crippen LogP contribution in [0.1, 0.15) is 16.7 Å². The molecule has 3 rings (SSSR count). The zero-order valence-corrected chi connectivity index (χ0v) is 16.9. The van der Waals surface area contributed by atoms with Gasteiger partial charge in [-0.2, -0.15) is 4.31 Å². The SMILES string of the molecule is Cc1ccc(CC(=O)O)cc1S(=O)(=O)N1CCN(CCc2ccccc2)CC1. The molecule has 0 spiro atoms. The van der Waals surface area contributed by atoms with Crippen LogP contribution in [0.5, 0.6) is 0 Å². The molecular formula is C21H26N2O4S. The molecule has 1 aliphatic heterocycles. The fourth-order valence-electron chi connectivity index (χ4n) is 3.47. The third-order valence-electron chi connectivity index (χ3n) is 5.12. The molecule has 0 radical (unpaired) electrons. The van der Waals surface area contributed by atoms with Gasteiger partial charge >= 0.3 is 5.97 Å². The molecule has 0 bridgehead atoms. The summed E-state index contributed by atoms with van der Waals surface area (Å²) in [5, 5.41) is 8.98. The molecule has 0 atom stereocenters. The molecule has 7 heteroatoms. The average Bonchev–Trinajstić information content (AvgIpc) is 2.68. The first-order valence-corrected chi connectivity index (χ1v) is 10.9. The van der Waals surface area contributed by atoms with Gasteiger partial charge in [0.2, 0.25) is 10.0 Å². The molecular weight excluding hydrogens is 376 g/mol. The second-order valence-electron chi connectivity index (χ2n) is 7.15. The Morgan fingerprint density at radius 2 is 1.68 bits per heavy atom. The number of hydrogen-bond donors (Lipinski definition) is 1. The lowest BCUT2D eigenvalue weighted by atomic mass is 10.1. The standard InChI is InChI=1S/C21H26N2O4S/c1-17-7-8-19(16-21(24)25)15-20(17)28(26,27)23-13-11-22(12-14-23)10-9-18-5-3-2-4-6-18/h2-8,15H,9-14,16H2,1H3,(H,24,25). The lowest BCUT2D eigenvalue weighted by Crippen LogP contribution is -2.49. The second-order valence-corrected chi connectivity index (χ2v) is 9.06. The fraction of sp³-hybridized carbons (Fsp3) is 0.381. The number of carboxylic acids is 1. The molecule has 0 amide bonds. The zero-order valence-electron chi connectivity index (χ0n) is 16.0. The van der Waals surface area contributed by atoms with E-state index in [9.17, 15) is 13.2 Å². The number of nitrogens with zero attached hydrogens (tertiary/aromatic N) is 2. The lowest BCUT2D eigenvalue weighted by molar-refractivity contribution is -0.136. The second kappa shape index (κ2) is 8.86. The monoisotopic (exact) mass is 402 g/mol. The number of aryl methyl sites for hydroxylation is 1. The van der Waals surface area contributed by atoms with Crippen molar-refractivity contribution in [2.24, 2.45) is 0 Å². The molecule has 1 N–H and O–H groups in total. The van der Waals surface area contributed by atoms with E-state index in [0.29, 0.717) is 37.3 Å². The minimum atomic E-state index is -3.63. The maximum atomic E-state index is 13.1. The van der Waals surface area contributed by atoms with E-state index in [-0.39, 0.29) is 11.3 Å². The number of rotatable bonds is 7. The molecule has 0 aromatic heterocycles. The Balaban J connectivity index is 1.64. The summed E-state index contributed by atoms with van der Waals surface area (Å²) >= 11 is 0. The average molecular weight is 403 g/mol. The highest BCUT2D eigenvalue weighted by molar-refractivity contribution is 7.89. The Morgan fingerprint density at radius 3 is 2.32 bits per heavy atom. The summed E-state index contributed by atoms with van der Waals surface area (Å²) in [6.45, 7) is 4.93. The van der Waals surface area contributed by atoms with E-state index in [0.717, 1.165) is 13.0 Å². The van der Waals surface area contributed by atoms with Crippen LogP contribution in [0.25, 0.3) is 0 Å². The number of carboxylic acid groups (broad SMARTS) is 1. The van der Waals surface area contributed by atoms with Gasteiger partial charge in [-0.15, -0.1) is 0 Å². The Hall–Kier alpha value is -2.22. The predicted octanol–water partition coefficient (Wildman–Crippen LogP) is 2.17. The zero-order chi connectivity index (χ0) is 20.1.